The molecule has 0 unspecified atom stereocenters. The van der Waals surface area contributed by atoms with Crippen LogP contribution in [0.5, 0.6) is 5.75 Å². The summed E-state index contributed by atoms with van der Waals surface area (Å²) in [5.74, 6) is -0.780. The maximum absolute atomic E-state index is 13.6. The minimum Gasteiger partial charge on any atom is -0.488 e. The van der Waals surface area contributed by atoms with Crippen molar-refractivity contribution < 1.29 is 27.9 Å². The van der Waals surface area contributed by atoms with Crippen LogP contribution in [0.3, 0.4) is 0 Å². The number of ether oxygens (including phenoxy) is 1. The number of aromatic nitrogens is 3. The number of carbonyl (C=O) groups is 2. The molecule has 0 bridgehead atoms. The number of carbonyl (C=O) groups excluding carboxylic acids is 2. The van der Waals surface area contributed by atoms with Gasteiger partial charge >= 0.3 is 0 Å². The molecule has 13 heteroatoms. The Morgan fingerprint density at radius 2 is 2.00 bits per heavy atom. The van der Waals surface area contributed by atoms with Crippen molar-refractivity contribution in [3.05, 3.63) is 66.4 Å². The summed E-state index contributed by atoms with van der Waals surface area (Å²) < 4.78 is 35.2. The molecule has 0 aliphatic carbocycles. The molecule has 12 nitrogen and oxygen atoms in total. The Morgan fingerprint density at radius 1 is 1.28 bits per heavy atom. The number of nitrogens with one attached hydrogen (secondary N) is 1. The van der Waals surface area contributed by atoms with Gasteiger partial charge in [0.2, 0.25) is 0 Å². The molecule has 1 aliphatic heterocycles. The van der Waals surface area contributed by atoms with E-state index in [-0.39, 0.29) is 53.8 Å². The fourth-order valence-corrected chi connectivity index (χ4v) is 5.40. The van der Waals surface area contributed by atoms with Crippen LogP contribution in [0.15, 0.2) is 60.3 Å². The lowest BCUT2D eigenvalue weighted by Crippen LogP contribution is -2.50. The molecule has 4 rings (SSSR count). The van der Waals surface area contributed by atoms with E-state index in [0.717, 1.165) is 0 Å². The number of aryl methyl sites for hydroxylation is 1. The summed E-state index contributed by atoms with van der Waals surface area (Å²) in [7, 11) is -0.742. The molecule has 3 aromatic rings. The smallest absolute Gasteiger partial charge is 0.261 e. The largest absolute Gasteiger partial charge is 0.488 e. The average molecular weight is 557 g/mol. The van der Waals surface area contributed by atoms with Crippen molar-refractivity contribution in [1.29, 1.82) is 0 Å². The zero-order chi connectivity index (χ0) is 28.3. The number of hydrogen-bond donors (Lipinski definition) is 2. The monoisotopic (exact) mass is 556 g/mol. The fourth-order valence-electron chi connectivity index (χ4n) is 4.26. The van der Waals surface area contributed by atoms with Gasteiger partial charge in [-0.1, -0.05) is 6.92 Å². The predicted octanol–water partition coefficient (Wildman–Crippen LogP) is 1.61. The van der Waals surface area contributed by atoms with Gasteiger partial charge in [-0.3, -0.25) is 14.6 Å². The first-order valence-electron chi connectivity index (χ1n) is 12.4. The van der Waals surface area contributed by atoms with Crippen LogP contribution in [0.4, 0.5) is 5.69 Å². The van der Waals surface area contributed by atoms with Crippen molar-refractivity contribution in [3.63, 3.8) is 0 Å². The average Bonchev–Trinajstić information content (AvgIpc) is 3.38. The lowest BCUT2D eigenvalue weighted by molar-refractivity contribution is 0.0387. The van der Waals surface area contributed by atoms with Gasteiger partial charge in [0.05, 0.1) is 31.1 Å². The summed E-state index contributed by atoms with van der Waals surface area (Å²) in [4.78, 5) is 35.7. The molecular formula is C26H32N6O6S. The number of hydrogen-bond acceptors (Lipinski definition) is 8. The Kier molecular flexibility index (Phi) is 8.33. The zero-order valence-electron chi connectivity index (χ0n) is 22.2. The first-order chi connectivity index (χ1) is 18.5. The molecule has 2 amide bonds. The van der Waals surface area contributed by atoms with E-state index in [9.17, 15) is 23.1 Å². The highest BCUT2D eigenvalue weighted by molar-refractivity contribution is 7.89. The Morgan fingerprint density at radius 3 is 2.64 bits per heavy atom. The second kappa shape index (κ2) is 11.5. The Bertz CT molecular complexity index is 1440. The molecule has 1 aromatic carbocycles. The van der Waals surface area contributed by atoms with Crippen LogP contribution in [0.1, 0.15) is 34.6 Å². The summed E-state index contributed by atoms with van der Waals surface area (Å²) in [6, 6.07) is 7.36. The van der Waals surface area contributed by atoms with Gasteiger partial charge in [0.15, 0.2) is 5.03 Å². The van der Waals surface area contributed by atoms with Crippen molar-refractivity contribution in [2.24, 2.45) is 13.0 Å². The minimum absolute atomic E-state index is 0.00438. The summed E-state index contributed by atoms with van der Waals surface area (Å²) in [5, 5.41) is 12.6. The molecular weight excluding hydrogens is 524 g/mol. The number of imidazole rings is 1. The van der Waals surface area contributed by atoms with Gasteiger partial charge in [-0.05, 0) is 37.3 Å². The third-order valence-electron chi connectivity index (χ3n) is 6.66. The van der Waals surface area contributed by atoms with E-state index in [1.807, 2.05) is 6.92 Å². The van der Waals surface area contributed by atoms with Gasteiger partial charge in [0.25, 0.3) is 21.8 Å². The number of aliphatic hydroxyl groups excluding tert-OH is 1. The molecule has 0 spiro atoms. The topological polar surface area (TPSA) is 147 Å². The Hall–Kier alpha value is -3.81. The number of fused-ring (bicyclic) bond motifs is 1. The van der Waals surface area contributed by atoms with E-state index < -0.39 is 22.2 Å². The van der Waals surface area contributed by atoms with Crippen molar-refractivity contribution in [3.8, 4) is 5.75 Å². The van der Waals surface area contributed by atoms with Gasteiger partial charge in [0, 0.05) is 56.4 Å². The molecule has 0 radical (unpaired) electrons. The highest BCUT2D eigenvalue weighted by atomic mass is 32.2. The number of rotatable bonds is 8. The number of sulfonamides is 1. The molecule has 208 valence electrons. The van der Waals surface area contributed by atoms with Gasteiger partial charge < -0.3 is 24.6 Å². The van der Waals surface area contributed by atoms with Crippen LogP contribution in [0.25, 0.3) is 0 Å². The quantitative estimate of drug-likeness (QED) is 0.425. The lowest BCUT2D eigenvalue weighted by atomic mass is 9.99. The number of aliphatic hydroxyl groups is 1. The molecule has 0 fully saturated rings. The van der Waals surface area contributed by atoms with Crippen LogP contribution in [-0.2, 0) is 17.1 Å². The third kappa shape index (κ3) is 6.10. The van der Waals surface area contributed by atoms with E-state index >= 15 is 0 Å². The maximum atomic E-state index is 13.6. The molecule has 39 heavy (non-hydrogen) atoms. The molecule has 0 saturated heterocycles. The van der Waals surface area contributed by atoms with Gasteiger partial charge in [-0.25, -0.2) is 13.4 Å². The summed E-state index contributed by atoms with van der Waals surface area (Å²) >= 11 is 0. The number of nitrogens with zero attached hydrogens (tertiary/aromatic N) is 5. The van der Waals surface area contributed by atoms with Crippen molar-refractivity contribution >= 4 is 27.5 Å². The normalized spacial score (nSPS) is 18.6. The molecule has 2 aromatic heterocycles. The highest BCUT2D eigenvalue weighted by Crippen LogP contribution is 2.31. The van der Waals surface area contributed by atoms with E-state index in [4.69, 9.17) is 4.74 Å². The van der Waals surface area contributed by atoms with E-state index in [2.05, 4.69) is 15.3 Å². The summed E-state index contributed by atoms with van der Waals surface area (Å²) in [5.41, 5.74) is 0.972. The van der Waals surface area contributed by atoms with Gasteiger partial charge in [-0.2, -0.15) is 4.31 Å². The zero-order valence-corrected chi connectivity index (χ0v) is 23.0. The van der Waals surface area contributed by atoms with Crippen molar-refractivity contribution in [2.75, 3.05) is 32.1 Å². The maximum Gasteiger partial charge on any atom is 0.261 e. The molecule has 0 saturated carbocycles. The number of anilines is 1. The lowest BCUT2D eigenvalue weighted by Gasteiger charge is -2.38. The van der Waals surface area contributed by atoms with Crippen LogP contribution in [0.2, 0.25) is 0 Å². The van der Waals surface area contributed by atoms with Gasteiger partial charge in [0.1, 0.15) is 11.9 Å². The van der Waals surface area contributed by atoms with Crippen molar-refractivity contribution in [2.45, 2.75) is 31.0 Å². The second-order valence-electron chi connectivity index (χ2n) is 9.69. The Balaban J connectivity index is 1.65. The number of benzene rings is 1. The van der Waals surface area contributed by atoms with Gasteiger partial charge in [-0.15, -0.1) is 0 Å². The standard InChI is InChI=1S/C26H32N6O6S/c1-17-12-32(18(2)15-33)26(35)21-11-20(29-25(34)19-7-9-27-10-8-19)5-6-22(21)38-23(17)13-31(4)39(36,37)24-14-30(3)16-28-24/h5-11,14,16-18,23,33H,12-13,15H2,1-4H3,(H,29,34)/t17-,18-,23+/m0/s1. The SMILES string of the molecule is C[C@H]1CN([C@@H](C)CO)C(=O)c2cc(NC(=O)c3ccncc3)ccc2O[C@@H]1CN(C)S(=O)(=O)c1cn(C)cn1. The third-order valence-corrected chi connectivity index (χ3v) is 8.37. The van der Waals surface area contributed by atoms with Crippen LogP contribution in [0, 0.1) is 5.92 Å². The summed E-state index contributed by atoms with van der Waals surface area (Å²) in [6.07, 6.45) is 5.22. The van der Waals surface area contributed by atoms with E-state index in [1.165, 1.54) is 42.3 Å². The first-order valence-corrected chi connectivity index (χ1v) is 13.8. The molecule has 3 heterocycles. The van der Waals surface area contributed by atoms with Crippen LogP contribution < -0.4 is 10.1 Å². The number of pyridine rings is 1. The van der Waals surface area contributed by atoms with Crippen LogP contribution >= 0.6 is 0 Å². The molecule has 1 aliphatic rings. The second-order valence-corrected chi connectivity index (χ2v) is 11.7. The Labute approximate surface area is 227 Å². The van der Waals surface area contributed by atoms with Crippen LogP contribution in [-0.4, -0.2) is 88.0 Å². The predicted molar refractivity (Wildman–Crippen MR) is 143 cm³/mol. The minimum atomic E-state index is -3.88. The van der Waals surface area contributed by atoms with E-state index in [1.54, 1.807) is 47.7 Å². The van der Waals surface area contributed by atoms with Crippen molar-refractivity contribution in [1.82, 2.24) is 23.7 Å². The van der Waals surface area contributed by atoms with E-state index in [0.29, 0.717) is 11.3 Å². The fraction of sp³-hybridized carbons (Fsp3) is 0.385. The highest BCUT2D eigenvalue weighted by Gasteiger charge is 2.35. The summed E-state index contributed by atoms with van der Waals surface area (Å²) in [6.45, 7) is 3.55. The molecule has 2 N–H and O–H groups in total. The number of amides is 2. The molecule has 3 atom stereocenters. The number of likely N-dealkylation sites (N-methyl/N-ethyl adjacent to an activating group) is 1. The first kappa shape index (κ1) is 28.2.